The zero-order valence-corrected chi connectivity index (χ0v) is 19.3. The summed E-state index contributed by atoms with van der Waals surface area (Å²) in [5.74, 6) is 1.57. The fourth-order valence-electron chi connectivity index (χ4n) is 8.78. The van der Waals surface area contributed by atoms with Crippen LogP contribution in [0.15, 0.2) is 11.6 Å². The highest BCUT2D eigenvalue weighted by molar-refractivity contribution is 5.38. The Morgan fingerprint density at radius 1 is 1.17 bits per heavy atom. The monoisotopic (exact) mass is 422 g/mol. The molecule has 4 aliphatic rings. The molecule has 30 heavy (non-hydrogen) atoms. The minimum atomic E-state index is -1.72. The van der Waals surface area contributed by atoms with Crippen molar-refractivity contribution in [2.24, 2.45) is 39.9 Å². The Bertz CT molecular complexity index is 718. The Labute approximate surface area is 181 Å². The fourth-order valence-corrected chi connectivity index (χ4v) is 8.78. The second kappa shape index (κ2) is 7.02. The predicted molar refractivity (Wildman–Crippen MR) is 115 cm³/mol. The van der Waals surface area contributed by atoms with Crippen LogP contribution in [0.3, 0.4) is 0 Å². The molecule has 3 fully saturated rings. The number of aliphatic hydroxyl groups is 5. The van der Waals surface area contributed by atoms with Gasteiger partial charge in [0.15, 0.2) is 0 Å². The van der Waals surface area contributed by atoms with Gasteiger partial charge in [0, 0.05) is 5.41 Å². The average molecular weight is 423 g/mol. The van der Waals surface area contributed by atoms with Crippen molar-refractivity contribution >= 4 is 0 Å². The van der Waals surface area contributed by atoms with Gasteiger partial charge >= 0.3 is 0 Å². The lowest BCUT2D eigenvalue weighted by Crippen LogP contribution is -2.54. The molecule has 2 unspecified atom stereocenters. The smallest absolute Gasteiger partial charge is 0.113 e. The highest BCUT2D eigenvalue weighted by Crippen LogP contribution is 2.74. The minimum absolute atomic E-state index is 0.0325. The SMILES string of the molecule is CC1CC[C@H]2[C@@H]3[C@@](C)(C[C@H](O)[C@H](O)[C@@](C)(O)CO)CC[C@]3(C)C=C3[C@@H](C)C[C@@H](O)C312. The van der Waals surface area contributed by atoms with Crippen LogP contribution in [0.2, 0.25) is 0 Å². The van der Waals surface area contributed by atoms with Crippen molar-refractivity contribution in [2.75, 3.05) is 6.61 Å². The van der Waals surface area contributed by atoms with E-state index in [1.54, 1.807) is 0 Å². The minimum Gasteiger partial charge on any atom is -0.393 e. The lowest BCUT2D eigenvalue weighted by atomic mass is 9.49. The molecular weight excluding hydrogens is 380 g/mol. The van der Waals surface area contributed by atoms with E-state index in [1.165, 1.54) is 12.5 Å². The van der Waals surface area contributed by atoms with Gasteiger partial charge < -0.3 is 25.5 Å². The first-order valence-corrected chi connectivity index (χ1v) is 11.9. The predicted octanol–water partition coefficient (Wildman–Crippen LogP) is 2.64. The molecule has 0 heterocycles. The van der Waals surface area contributed by atoms with Crippen LogP contribution < -0.4 is 0 Å². The first-order chi connectivity index (χ1) is 13.8. The molecule has 0 radical (unpaired) electrons. The number of hydrogen-bond acceptors (Lipinski definition) is 5. The third-order valence-corrected chi connectivity index (χ3v) is 10.1. The molecule has 172 valence electrons. The fraction of sp³-hybridized carbons (Fsp3) is 0.920. The van der Waals surface area contributed by atoms with Crippen LogP contribution in [0.5, 0.6) is 0 Å². The zero-order valence-electron chi connectivity index (χ0n) is 19.3. The average Bonchev–Trinajstić information content (AvgIpc) is 3.23. The van der Waals surface area contributed by atoms with Crippen molar-refractivity contribution < 1.29 is 25.5 Å². The van der Waals surface area contributed by atoms with Gasteiger partial charge in [-0.15, -0.1) is 0 Å². The molecule has 0 aromatic carbocycles. The maximum Gasteiger partial charge on any atom is 0.113 e. The van der Waals surface area contributed by atoms with Crippen LogP contribution in [0, 0.1) is 39.9 Å². The van der Waals surface area contributed by atoms with Gasteiger partial charge in [-0.2, -0.15) is 0 Å². The van der Waals surface area contributed by atoms with Crippen molar-refractivity contribution in [3.63, 3.8) is 0 Å². The topological polar surface area (TPSA) is 101 Å². The largest absolute Gasteiger partial charge is 0.393 e. The molecule has 0 bridgehead atoms. The first-order valence-electron chi connectivity index (χ1n) is 11.9. The summed E-state index contributed by atoms with van der Waals surface area (Å²) in [7, 11) is 0. The van der Waals surface area contributed by atoms with E-state index < -0.39 is 24.4 Å². The summed E-state index contributed by atoms with van der Waals surface area (Å²) in [5, 5.41) is 52.4. The van der Waals surface area contributed by atoms with Gasteiger partial charge in [0.05, 0.1) is 18.8 Å². The van der Waals surface area contributed by atoms with Crippen LogP contribution in [-0.2, 0) is 0 Å². The standard InChI is InChI=1S/C25H42O5/c1-14-10-19(28)25-15(2)6-7-16(25)20-22(3,11-17(14)25)8-9-23(20,4)12-18(27)21(29)24(5,30)13-26/h11,14-16,18-21,26-30H,6-10,12-13H2,1-5H3/t14-,15?,16-,18-,19+,20-,21-,22+,23+,24-,25?/m0/s1. The van der Waals surface area contributed by atoms with Gasteiger partial charge in [-0.25, -0.2) is 0 Å². The summed E-state index contributed by atoms with van der Waals surface area (Å²) >= 11 is 0. The number of fused-ring (bicyclic) bond motifs is 2. The second-order valence-electron chi connectivity index (χ2n) is 12.1. The van der Waals surface area contributed by atoms with E-state index in [1.807, 2.05) is 0 Å². The summed E-state index contributed by atoms with van der Waals surface area (Å²) in [6, 6.07) is 0. The van der Waals surface area contributed by atoms with Crippen molar-refractivity contribution in [2.45, 2.75) is 97.1 Å². The summed E-state index contributed by atoms with van der Waals surface area (Å²) in [6.07, 6.45) is 5.16. The van der Waals surface area contributed by atoms with Gasteiger partial charge in [-0.3, -0.25) is 0 Å². The van der Waals surface area contributed by atoms with Crippen LogP contribution >= 0.6 is 0 Å². The van der Waals surface area contributed by atoms with Crippen molar-refractivity contribution in [3.05, 3.63) is 11.6 Å². The van der Waals surface area contributed by atoms with Gasteiger partial charge in [0.25, 0.3) is 0 Å². The molecule has 0 aromatic heterocycles. The lowest BCUT2D eigenvalue weighted by Gasteiger charge is -2.55. The summed E-state index contributed by atoms with van der Waals surface area (Å²) in [6.45, 7) is 9.92. The molecule has 5 N–H and O–H groups in total. The second-order valence-corrected chi connectivity index (χ2v) is 12.1. The normalized spacial score (nSPS) is 51.5. The maximum atomic E-state index is 11.3. The number of rotatable bonds is 5. The van der Waals surface area contributed by atoms with Gasteiger partial charge in [0.1, 0.15) is 11.7 Å². The third-order valence-electron chi connectivity index (χ3n) is 10.1. The van der Waals surface area contributed by atoms with Gasteiger partial charge in [-0.05, 0) is 80.0 Å². The summed E-state index contributed by atoms with van der Waals surface area (Å²) in [5.41, 5.74) is -0.551. The highest BCUT2D eigenvalue weighted by atomic mass is 16.4. The van der Waals surface area contributed by atoms with E-state index in [0.29, 0.717) is 30.1 Å². The zero-order chi connectivity index (χ0) is 22.3. The quantitative estimate of drug-likeness (QED) is 0.439. The number of aliphatic hydroxyl groups excluding tert-OH is 4. The molecule has 1 spiro atoms. The molecule has 5 heteroatoms. The van der Waals surface area contributed by atoms with Crippen molar-refractivity contribution in [1.29, 1.82) is 0 Å². The first kappa shape index (κ1) is 22.7. The summed E-state index contributed by atoms with van der Waals surface area (Å²) in [4.78, 5) is 0. The highest BCUT2D eigenvalue weighted by Gasteiger charge is 2.69. The lowest BCUT2D eigenvalue weighted by molar-refractivity contribution is -0.148. The molecule has 3 saturated carbocycles. The molecule has 0 amide bonds. The van der Waals surface area contributed by atoms with Gasteiger partial charge in [0.2, 0.25) is 0 Å². The van der Waals surface area contributed by atoms with E-state index in [0.717, 1.165) is 32.1 Å². The molecule has 4 aliphatic carbocycles. The molecular formula is C25H42O5. The van der Waals surface area contributed by atoms with Crippen LogP contribution in [-0.4, -0.2) is 56.1 Å². The Morgan fingerprint density at radius 2 is 1.83 bits per heavy atom. The summed E-state index contributed by atoms with van der Waals surface area (Å²) < 4.78 is 0. The van der Waals surface area contributed by atoms with Gasteiger partial charge in [-0.1, -0.05) is 39.3 Å². The van der Waals surface area contributed by atoms with E-state index in [2.05, 4.69) is 33.8 Å². The molecule has 0 aliphatic heterocycles. The molecule has 0 aromatic rings. The molecule has 11 atom stereocenters. The van der Waals surface area contributed by atoms with E-state index >= 15 is 0 Å². The molecule has 0 saturated heterocycles. The van der Waals surface area contributed by atoms with E-state index in [9.17, 15) is 25.5 Å². The Balaban J connectivity index is 1.72. The van der Waals surface area contributed by atoms with Crippen molar-refractivity contribution in [1.82, 2.24) is 0 Å². The Hall–Kier alpha value is -0.460. The Morgan fingerprint density at radius 3 is 2.47 bits per heavy atom. The number of allylic oxidation sites excluding steroid dienone is 1. The Kier molecular flexibility index (Phi) is 5.32. The van der Waals surface area contributed by atoms with Crippen molar-refractivity contribution in [3.8, 4) is 0 Å². The van der Waals surface area contributed by atoms with Crippen LogP contribution in [0.4, 0.5) is 0 Å². The molecule has 4 rings (SSSR count). The molecule has 5 nitrogen and oxygen atoms in total. The maximum absolute atomic E-state index is 11.3. The van der Waals surface area contributed by atoms with Crippen LogP contribution in [0.25, 0.3) is 0 Å². The third kappa shape index (κ3) is 2.85. The number of hydrogen-bond donors (Lipinski definition) is 5. The van der Waals surface area contributed by atoms with Crippen LogP contribution in [0.1, 0.15) is 73.1 Å². The van der Waals surface area contributed by atoms with E-state index in [4.69, 9.17) is 0 Å². The van der Waals surface area contributed by atoms with E-state index in [-0.39, 0.29) is 22.3 Å².